The van der Waals surface area contributed by atoms with Gasteiger partial charge in [-0.15, -0.1) is 0 Å². The van der Waals surface area contributed by atoms with Crippen LogP contribution in [0.4, 0.5) is 0 Å². The average Bonchev–Trinajstić information content (AvgIpc) is 1.39. The van der Waals surface area contributed by atoms with E-state index in [0.717, 1.165) is 0 Å². The van der Waals surface area contributed by atoms with Gasteiger partial charge in [-0.25, -0.2) is 0 Å². The zero-order chi connectivity index (χ0) is 5.41. The Hall–Kier alpha value is 1.49. The fourth-order valence-electron chi connectivity index (χ4n) is 0. The molecular weight excluding hydrogens is 217 g/mol. The smallest absolute Gasteiger partial charge is 0.0402 e. The van der Waals surface area contributed by atoms with Crippen molar-refractivity contribution in [2.75, 3.05) is 13.2 Å². The van der Waals surface area contributed by atoms with E-state index in [0.29, 0.717) is 0 Å². The Morgan fingerprint density at radius 1 is 1.00 bits per heavy atom. The van der Waals surface area contributed by atoms with Crippen molar-refractivity contribution in [3.8, 4) is 0 Å². The van der Waals surface area contributed by atoms with Gasteiger partial charge in [-0.05, 0) is 13.8 Å². The predicted molar refractivity (Wildman–Crippen MR) is 31.3 cm³/mol. The zero-order valence-electron chi connectivity index (χ0n) is 5.02. The van der Waals surface area contributed by atoms with Crippen molar-refractivity contribution in [3.63, 3.8) is 0 Å². The first-order chi connectivity index (χ1) is 2.83. The molecule has 2 nitrogen and oxygen atoms in total. The molecule has 0 spiro atoms. The Bertz CT molecular complexity index is 11.7. The monoisotopic (exact) mass is 230 g/mol. The summed E-state index contributed by atoms with van der Waals surface area (Å²) >= 11 is 0. The summed E-state index contributed by atoms with van der Waals surface area (Å²) in [5.41, 5.74) is 0. The van der Waals surface area contributed by atoms with Crippen molar-refractivity contribution in [2.24, 2.45) is 0 Å². The second kappa shape index (κ2) is 25.9. The summed E-state index contributed by atoms with van der Waals surface area (Å²) in [6, 6.07) is 0. The molecule has 0 bridgehead atoms. The first-order valence-corrected chi connectivity index (χ1v) is 2.05. The molecular formula is C4H12BaO2. The van der Waals surface area contributed by atoms with Crippen LogP contribution in [0, 0.1) is 0 Å². The minimum atomic E-state index is 0. The molecule has 2 radical (unpaired) electrons. The molecule has 7 heavy (non-hydrogen) atoms. The van der Waals surface area contributed by atoms with E-state index in [9.17, 15) is 0 Å². The third kappa shape index (κ3) is 102. The molecule has 0 atom stereocenters. The van der Waals surface area contributed by atoms with E-state index in [-0.39, 0.29) is 62.1 Å². The molecule has 3 heteroatoms. The molecule has 0 fully saturated rings. The Labute approximate surface area is 85.0 Å². The largest absolute Gasteiger partial charge is 0.397 e. The predicted octanol–water partition coefficient (Wildman–Crippen LogP) is -0.384. The van der Waals surface area contributed by atoms with Crippen molar-refractivity contribution in [1.29, 1.82) is 0 Å². The van der Waals surface area contributed by atoms with Gasteiger partial charge in [0.2, 0.25) is 0 Å². The SMILES string of the molecule is CCO.CCO.[Ba]. The summed E-state index contributed by atoms with van der Waals surface area (Å²) in [6.45, 7) is 3.86. The van der Waals surface area contributed by atoms with Gasteiger partial charge in [0.1, 0.15) is 0 Å². The van der Waals surface area contributed by atoms with Gasteiger partial charge >= 0.3 is 0 Å². The fourth-order valence-corrected chi connectivity index (χ4v) is 0. The first kappa shape index (κ1) is 15.8. The standard InChI is InChI=1S/2C2H6O.Ba/c2*1-2-3;/h2*3H,2H2,1H3;. The molecule has 0 saturated carbocycles. The molecule has 0 saturated heterocycles. The average molecular weight is 229 g/mol. The number of aliphatic hydroxyl groups excluding tert-OH is 2. The maximum Gasteiger partial charge on any atom is 0.0402 e. The van der Waals surface area contributed by atoms with E-state index >= 15 is 0 Å². The summed E-state index contributed by atoms with van der Waals surface area (Å²) in [4.78, 5) is 0. The van der Waals surface area contributed by atoms with Crippen LogP contribution in [0.5, 0.6) is 0 Å². The van der Waals surface area contributed by atoms with E-state index in [4.69, 9.17) is 10.2 Å². The van der Waals surface area contributed by atoms with E-state index < -0.39 is 0 Å². The van der Waals surface area contributed by atoms with Crippen LogP contribution in [0.2, 0.25) is 0 Å². The number of hydrogen-bond donors (Lipinski definition) is 2. The van der Waals surface area contributed by atoms with Crippen LogP contribution in [-0.4, -0.2) is 72.3 Å². The molecule has 0 aromatic rings. The van der Waals surface area contributed by atoms with Crippen molar-refractivity contribution >= 4 is 48.9 Å². The zero-order valence-corrected chi connectivity index (χ0v) is 9.46. The van der Waals surface area contributed by atoms with Gasteiger partial charge < -0.3 is 10.2 Å². The number of hydrogen-bond acceptors (Lipinski definition) is 2. The van der Waals surface area contributed by atoms with Gasteiger partial charge in [0.05, 0.1) is 0 Å². The van der Waals surface area contributed by atoms with Crippen molar-refractivity contribution in [1.82, 2.24) is 0 Å². The Morgan fingerprint density at radius 2 is 1.00 bits per heavy atom. The molecule has 2 N–H and O–H groups in total. The summed E-state index contributed by atoms with van der Waals surface area (Å²) in [5.74, 6) is 0. The van der Waals surface area contributed by atoms with Gasteiger partial charge in [0.15, 0.2) is 0 Å². The molecule has 0 amide bonds. The second-order valence-electron chi connectivity index (χ2n) is 0.632. The third-order valence-electron chi connectivity index (χ3n) is 0. The minimum Gasteiger partial charge on any atom is -0.397 e. The summed E-state index contributed by atoms with van der Waals surface area (Å²) in [7, 11) is 0. The van der Waals surface area contributed by atoms with Crippen molar-refractivity contribution < 1.29 is 10.2 Å². The first-order valence-electron chi connectivity index (χ1n) is 2.05. The van der Waals surface area contributed by atoms with Crippen LogP contribution >= 0.6 is 0 Å². The van der Waals surface area contributed by atoms with Crippen LogP contribution in [0.25, 0.3) is 0 Å². The number of aliphatic hydroxyl groups is 2. The van der Waals surface area contributed by atoms with Crippen molar-refractivity contribution in [3.05, 3.63) is 0 Å². The fraction of sp³-hybridized carbons (Fsp3) is 1.00. The molecule has 0 rings (SSSR count). The molecule has 42 valence electrons. The van der Waals surface area contributed by atoms with Crippen LogP contribution in [0.1, 0.15) is 13.8 Å². The van der Waals surface area contributed by atoms with Gasteiger partial charge in [-0.3, -0.25) is 0 Å². The molecule has 0 aliphatic carbocycles. The van der Waals surface area contributed by atoms with Gasteiger partial charge in [0.25, 0.3) is 0 Å². The van der Waals surface area contributed by atoms with Crippen LogP contribution in [0.15, 0.2) is 0 Å². The molecule has 0 aromatic heterocycles. The van der Waals surface area contributed by atoms with Gasteiger partial charge in [0, 0.05) is 62.1 Å². The Balaban J connectivity index is -0.0000000400. The minimum absolute atomic E-state index is 0. The summed E-state index contributed by atoms with van der Waals surface area (Å²) < 4.78 is 0. The third-order valence-corrected chi connectivity index (χ3v) is 0. The number of rotatable bonds is 0. The normalized spacial score (nSPS) is 5.14. The topological polar surface area (TPSA) is 40.5 Å². The van der Waals surface area contributed by atoms with Gasteiger partial charge in [-0.1, -0.05) is 0 Å². The quantitative estimate of drug-likeness (QED) is 0.556. The maximum atomic E-state index is 7.57. The summed E-state index contributed by atoms with van der Waals surface area (Å²) in [5, 5.41) is 15.1. The van der Waals surface area contributed by atoms with E-state index in [2.05, 4.69) is 0 Å². The Morgan fingerprint density at radius 3 is 1.00 bits per heavy atom. The van der Waals surface area contributed by atoms with E-state index in [1.165, 1.54) is 0 Å². The summed E-state index contributed by atoms with van der Waals surface area (Å²) in [6.07, 6.45) is 0. The second-order valence-corrected chi connectivity index (χ2v) is 0.632. The van der Waals surface area contributed by atoms with Crippen LogP contribution in [-0.2, 0) is 0 Å². The van der Waals surface area contributed by atoms with Gasteiger partial charge in [-0.2, -0.15) is 0 Å². The van der Waals surface area contributed by atoms with Crippen LogP contribution in [0.3, 0.4) is 0 Å². The van der Waals surface area contributed by atoms with E-state index in [1.807, 2.05) is 0 Å². The molecule has 0 aromatic carbocycles. The van der Waals surface area contributed by atoms with E-state index in [1.54, 1.807) is 13.8 Å². The molecule has 0 heterocycles. The van der Waals surface area contributed by atoms with Crippen LogP contribution < -0.4 is 0 Å². The maximum absolute atomic E-state index is 7.57. The Kier molecular flexibility index (Phi) is 58.5. The molecule has 0 aliphatic rings. The van der Waals surface area contributed by atoms with Crippen molar-refractivity contribution in [2.45, 2.75) is 13.8 Å². The molecule has 0 unspecified atom stereocenters. The molecule has 0 aliphatic heterocycles.